The summed E-state index contributed by atoms with van der Waals surface area (Å²) in [7, 11) is -3.12. The molecule has 12 aromatic rings. The largest absolute Gasteiger partial charge is 0.490 e. The molecule has 8 heterocycles. The maximum absolute atomic E-state index is 11.7. The van der Waals surface area contributed by atoms with E-state index in [0.29, 0.717) is 76.7 Å². The first-order chi connectivity index (χ1) is 52.7. The average Bonchev–Trinajstić information content (AvgIpc) is 1.69. The third-order valence-corrected chi connectivity index (χ3v) is 20.3. The Balaban J connectivity index is 0.000000170. The van der Waals surface area contributed by atoms with E-state index in [-0.39, 0.29) is 29.7 Å². The second kappa shape index (κ2) is 39.2. The number of halogens is 1. The van der Waals surface area contributed by atoms with Crippen LogP contribution in [0.15, 0.2) is 113 Å². The Morgan fingerprint density at radius 3 is 1.16 bits per heavy atom. The van der Waals surface area contributed by atoms with E-state index < -0.39 is 9.84 Å². The van der Waals surface area contributed by atoms with E-state index in [1.807, 2.05) is 138 Å². The second-order valence-corrected chi connectivity index (χ2v) is 36.0. The normalized spacial score (nSPS) is 11.6. The van der Waals surface area contributed by atoms with E-state index in [9.17, 15) is 8.42 Å². The predicted octanol–water partition coefficient (Wildman–Crippen LogP) is 22.7. The number of fused-ring (bicyclic) bond motifs is 4. The number of anilines is 4. The molecule has 0 fully saturated rings. The molecule has 8 aromatic heterocycles. The Bertz CT molecular complexity index is 5340. The molecule has 0 saturated heterocycles. The average molecular weight is 1610 g/mol. The lowest BCUT2D eigenvalue weighted by Gasteiger charge is -2.23. The Kier molecular flexibility index (Phi) is 30.3. The van der Waals surface area contributed by atoms with Crippen molar-refractivity contribution in [2.24, 2.45) is 0 Å². The van der Waals surface area contributed by atoms with Gasteiger partial charge in [-0.25, -0.2) is 61.4 Å². The number of sulfone groups is 1. The zero-order valence-corrected chi connectivity index (χ0v) is 71.8. The molecule has 0 radical (unpaired) electrons. The lowest BCUT2D eigenvalue weighted by molar-refractivity contribution is 0.133. The minimum absolute atomic E-state index is 0.00255. The molecule has 111 heavy (non-hydrogen) atoms. The van der Waals surface area contributed by atoms with E-state index in [2.05, 4.69) is 140 Å². The summed E-state index contributed by atoms with van der Waals surface area (Å²) < 4.78 is 47.7. The van der Waals surface area contributed by atoms with Crippen LogP contribution in [-0.4, -0.2) is 116 Å². The van der Waals surface area contributed by atoms with Gasteiger partial charge in [-0.2, -0.15) is 0 Å². The fraction of sp³-hybridized carbons (Fsp3) is 0.412. The molecule has 26 heteroatoms. The van der Waals surface area contributed by atoms with E-state index in [0.717, 1.165) is 141 Å². The van der Waals surface area contributed by atoms with Gasteiger partial charge < -0.3 is 49.9 Å². The predicted molar refractivity (Wildman–Crippen MR) is 467 cm³/mol. The Morgan fingerprint density at radius 1 is 0.441 bits per heavy atom. The van der Waals surface area contributed by atoms with E-state index in [1.54, 1.807) is 34.0 Å². The number of thiazole rings is 4. The van der Waals surface area contributed by atoms with Gasteiger partial charge in [0.15, 0.2) is 30.4 Å². The fourth-order valence-corrected chi connectivity index (χ4v) is 16.0. The number of benzene rings is 4. The van der Waals surface area contributed by atoms with Crippen molar-refractivity contribution in [1.82, 2.24) is 39.9 Å². The van der Waals surface area contributed by atoms with Gasteiger partial charge in [-0.1, -0.05) is 49.2 Å². The number of aromatic nitrogens is 8. The van der Waals surface area contributed by atoms with Crippen LogP contribution in [-0.2, 0) is 34.9 Å². The van der Waals surface area contributed by atoms with E-state index in [4.69, 9.17) is 73.6 Å². The number of nitrogens with zero attached hydrogens (tertiary/aromatic N) is 10. The van der Waals surface area contributed by atoms with Crippen LogP contribution in [0.4, 0.5) is 20.5 Å². The van der Waals surface area contributed by atoms with Gasteiger partial charge in [-0.05, 0) is 195 Å². The summed E-state index contributed by atoms with van der Waals surface area (Å²) in [6, 6.07) is 31.3. The van der Waals surface area contributed by atoms with Crippen LogP contribution in [0.3, 0.4) is 0 Å². The fourth-order valence-electron chi connectivity index (χ4n) is 11.5. The molecule has 0 aliphatic heterocycles. The number of aryl methyl sites for hydroxylation is 2. The third kappa shape index (κ3) is 25.3. The first kappa shape index (κ1) is 85.7. The van der Waals surface area contributed by atoms with Gasteiger partial charge in [0.05, 0.1) is 73.9 Å². The van der Waals surface area contributed by atoms with Crippen molar-refractivity contribution in [3.63, 3.8) is 0 Å². The first-order valence-corrected chi connectivity index (χ1v) is 43.5. The first-order valence-electron chi connectivity index (χ1n) is 37.6. The summed E-state index contributed by atoms with van der Waals surface area (Å²) in [5, 5.41) is 29.2. The van der Waals surface area contributed by atoms with E-state index in [1.165, 1.54) is 28.7 Å². The maximum atomic E-state index is 11.7. The zero-order chi connectivity index (χ0) is 80.4. The molecule has 0 aliphatic rings. The number of pyridine rings is 4. The van der Waals surface area contributed by atoms with Crippen molar-refractivity contribution in [3.05, 3.63) is 163 Å². The minimum Gasteiger partial charge on any atom is -0.490 e. The lowest BCUT2D eigenvalue weighted by atomic mass is 10.1. The number of ether oxygens (including phenoxy) is 4. The van der Waals surface area contributed by atoms with Gasteiger partial charge in [0.25, 0.3) is 0 Å². The number of nitrogens with one attached hydrogen (secondary N) is 4. The Hall–Kier alpha value is -9.34. The minimum atomic E-state index is -3.12. The van der Waals surface area contributed by atoms with Crippen molar-refractivity contribution >= 4 is 131 Å². The second-order valence-electron chi connectivity index (χ2n) is 30.0. The number of hydrogen-bond donors (Lipinski definition) is 4. The summed E-state index contributed by atoms with van der Waals surface area (Å²) in [4.78, 5) is 44.9. The van der Waals surface area contributed by atoms with Crippen molar-refractivity contribution in [3.8, 4) is 68.5 Å². The van der Waals surface area contributed by atoms with Crippen LogP contribution < -0.4 is 40.2 Å². The molecule has 0 aliphatic carbocycles. The molecule has 4 aromatic carbocycles. The van der Waals surface area contributed by atoms with Crippen molar-refractivity contribution < 1.29 is 27.4 Å². The highest BCUT2D eigenvalue weighted by atomic mass is 35.5. The molecule has 0 spiro atoms. The zero-order valence-electron chi connectivity index (χ0n) is 67.0. The van der Waals surface area contributed by atoms with Gasteiger partial charge in [-0.15, -0.1) is 45.3 Å². The van der Waals surface area contributed by atoms with E-state index >= 15 is 0 Å². The molecule has 4 N–H and O–H groups in total. The monoisotopic (exact) mass is 1610 g/mol. The molecule has 586 valence electrons. The van der Waals surface area contributed by atoms with Crippen LogP contribution in [0.2, 0.25) is 5.02 Å². The Labute approximate surface area is 675 Å². The standard InChI is InChI=1S/C23H28N4OS.C21H23ClN4OS.C21H27N3OS.C20H25N3O3S2/c1-15(2)25-22-27-20(14-29-22)19-13-21(28-23(3,4)5)17-10-9-16(8-7-11-24-6)12-18(17)26-19;1-12(2)24-21-26-17(11-28-21)16-10-18(27-13(3)4)15-7-6-14(8-9-23-5)19(22)20(15)25-16;1-6-7-15-8-9-16-17(10-15)23-18(11-20(16)25-14(4)5)19-12-26-21(24-19)22-13(2)3;1-12(2)21-20-23-18(10-27-20)17-9-19(26-13(3)4)15-7-6-14(8-16(15)22-17)11-28(5,24)25/h9-10,12-15H,7-8,11H2,1-5H3,(H,25,27);6-7,10-13H,8-9H2,1-4H3,(H,24,26);8-14H,6-7H2,1-5H3,(H,22,24);6-10,12-13H,11H2,1-5H3,(H,21,23). The molecule has 0 atom stereocenters. The van der Waals surface area contributed by atoms with Crippen molar-refractivity contribution in [2.45, 2.75) is 211 Å². The van der Waals surface area contributed by atoms with Gasteiger partial charge in [0.2, 0.25) is 13.1 Å². The summed E-state index contributed by atoms with van der Waals surface area (Å²) >= 11 is 12.9. The molecule has 0 unspecified atom stereocenters. The topological polar surface area (TPSA) is 231 Å². The SMILES string of the molecule is CC(C)Nc1nc(-c2cc(OC(C)C)c3ccc(CS(C)(=O)=O)cc3n2)cs1.CCCc1ccc2c(OC(C)C)cc(-c3csc(NC(C)C)n3)nc2c1.[C-]#[N+]CCCc1ccc2c(OC(C)(C)C)cc(-c3csc(NC(C)C)n3)nc2c1.[C-]#[N+]CCc1ccc2c(OC(C)C)cc(-c3csc(NC(C)C)n3)nc2c1Cl. The van der Waals surface area contributed by atoms with Crippen molar-refractivity contribution in [1.29, 1.82) is 0 Å². The Morgan fingerprint density at radius 2 is 0.793 bits per heavy atom. The highest BCUT2D eigenvalue weighted by Gasteiger charge is 2.22. The van der Waals surface area contributed by atoms with Gasteiger partial charge >= 0.3 is 0 Å². The number of hydrogen-bond acceptors (Lipinski definition) is 22. The highest BCUT2D eigenvalue weighted by Crippen LogP contribution is 2.40. The molecule has 0 bridgehead atoms. The molecular formula is C85H103ClN14O6S5. The van der Waals surface area contributed by atoms with Gasteiger partial charge in [-0.3, -0.25) is 0 Å². The quantitative estimate of drug-likeness (QED) is 0.0264. The third-order valence-electron chi connectivity index (χ3n) is 15.9. The summed E-state index contributed by atoms with van der Waals surface area (Å²) in [5.74, 6) is 3.12. The van der Waals surface area contributed by atoms with Crippen LogP contribution in [0.25, 0.3) is 98.9 Å². The van der Waals surface area contributed by atoms with Gasteiger partial charge in [0, 0.05) is 111 Å². The highest BCUT2D eigenvalue weighted by molar-refractivity contribution is 7.89. The summed E-state index contributed by atoms with van der Waals surface area (Å²) in [6.45, 7) is 52.0. The molecule has 20 nitrogen and oxygen atoms in total. The van der Waals surface area contributed by atoms with Crippen LogP contribution >= 0.6 is 56.9 Å². The van der Waals surface area contributed by atoms with Crippen LogP contribution in [0, 0.1) is 13.1 Å². The van der Waals surface area contributed by atoms with Crippen LogP contribution in [0.5, 0.6) is 23.0 Å². The van der Waals surface area contributed by atoms with Gasteiger partial charge in [0.1, 0.15) is 51.4 Å². The smallest absolute Gasteiger partial charge is 0.218 e. The lowest BCUT2D eigenvalue weighted by Crippen LogP contribution is -2.23. The molecule has 0 amide bonds. The number of rotatable bonds is 28. The maximum Gasteiger partial charge on any atom is 0.218 e. The molecule has 12 rings (SSSR count). The summed E-state index contributed by atoms with van der Waals surface area (Å²) in [6.07, 6.45) is 5.87. The van der Waals surface area contributed by atoms with Crippen LogP contribution in [0.1, 0.15) is 160 Å². The van der Waals surface area contributed by atoms with Crippen molar-refractivity contribution in [2.75, 3.05) is 40.6 Å². The molecular weight excluding hydrogens is 1510 g/mol. The molecule has 0 saturated carbocycles. The summed E-state index contributed by atoms with van der Waals surface area (Å²) in [5.41, 5.74) is 13.4.